The van der Waals surface area contributed by atoms with Crippen molar-refractivity contribution in [3.8, 4) is 10.4 Å². The lowest BCUT2D eigenvalue weighted by molar-refractivity contribution is -0.141. The highest BCUT2D eigenvalue weighted by Crippen LogP contribution is 2.35. The predicted octanol–water partition coefficient (Wildman–Crippen LogP) is 3.69. The third kappa shape index (κ3) is 5.23. The minimum atomic E-state index is -4.55. The number of Topliss-reactive ketones (excluding diaryl/α,β-unsaturated/α-hetero) is 1. The highest BCUT2D eigenvalue weighted by molar-refractivity contribution is 7.17. The summed E-state index contributed by atoms with van der Waals surface area (Å²) in [5.74, 6) is -1.23. The van der Waals surface area contributed by atoms with Gasteiger partial charge in [-0.15, -0.1) is 22.9 Å². The van der Waals surface area contributed by atoms with Gasteiger partial charge in [0, 0.05) is 24.5 Å². The Morgan fingerprint density at radius 3 is 2.59 bits per heavy atom. The fraction of sp³-hybridized carbons (Fsp3) is 0.542. The molecule has 0 aromatic carbocycles. The molecule has 2 amide bonds. The van der Waals surface area contributed by atoms with Crippen molar-refractivity contribution in [3.63, 3.8) is 0 Å². The number of carbonyl (C=O) groups excluding carboxylic acids is 3. The molecular formula is C24H24ClF3N4O4S. The van der Waals surface area contributed by atoms with Gasteiger partial charge in [-0.2, -0.15) is 13.2 Å². The van der Waals surface area contributed by atoms with Gasteiger partial charge in [-0.1, -0.05) is 19.3 Å². The number of fused-ring (bicyclic) bond motifs is 1. The van der Waals surface area contributed by atoms with E-state index in [1.165, 1.54) is 17.2 Å². The Balaban J connectivity index is 1.34. The number of aromatic nitrogens is 2. The van der Waals surface area contributed by atoms with Crippen LogP contribution in [0.25, 0.3) is 10.4 Å². The Kier molecular flexibility index (Phi) is 7.25. The largest absolute Gasteiger partial charge is 0.433 e. The molecule has 0 bridgehead atoms. The van der Waals surface area contributed by atoms with Crippen molar-refractivity contribution in [2.24, 2.45) is 5.92 Å². The summed E-state index contributed by atoms with van der Waals surface area (Å²) in [5.41, 5.74) is -0.623. The maximum Gasteiger partial charge on any atom is 0.433 e. The average molecular weight is 557 g/mol. The number of rotatable bonds is 5. The van der Waals surface area contributed by atoms with Gasteiger partial charge in [-0.05, 0) is 30.9 Å². The number of alkyl halides is 4. The van der Waals surface area contributed by atoms with E-state index in [9.17, 15) is 27.6 Å². The van der Waals surface area contributed by atoms with E-state index in [1.807, 2.05) is 0 Å². The van der Waals surface area contributed by atoms with Crippen LogP contribution in [-0.2, 0) is 20.5 Å². The molecule has 8 nitrogen and oxygen atoms in total. The molecule has 37 heavy (non-hydrogen) atoms. The molecule has 3 aliphatic rings. The quantitative estimate of drug-likeness (QED) is 0.564. The Hall–Kier alpha value is -2.57. The number of halogens is 4. The number of carbonyl (C=O) groups is 3. The lowest BCUT2D eigenvalue weighted by Crippen LogP contribution is -2.55. The van der Waals surface area contributed by atoms with E-state index >= 15 is 0 Å². The van der Waals surface area contributed by atoms with Gasteiger partial charge in [-0.25, -0.2) is 4.98 Å². The maximum atomic E-state index is 13.7. The molecule has 4 atom stereocenters. The molecule has 198 valence electrons. The van der Waals surface area contributed by atoms with Crippen LogP contribution in [0.4, 0.5) is 13.2 Å². The summed E-state index contributed by atoms with van der Waals surface area (Å²) in [7, 11) is 0. The molecule has 2 aliphatic heterocycles. The number of amides is 2. The molecule has 1 unspecified atom stereocenters. The predicted molar refractivity (Wildman–Crippen MR) is 128 cm³/mol. The number of nitrogens with zero attached hydrogens (tertiary/aromatic N) is 3. The molecule has 1 aliphatic carbocycles. The molecule has 0 radical (unpaired) electrons. The summed E-state index contributed by atoms with van der Waals surface area (Å²) >= 11 is 7.36. The van der Waals surface area contributed by atoms with Gasteiger partial charge in [0.05, 0.1) is 10.3 Å². The Morgan fingerprint density at radius 1 is 1.16 bits per heavy atom. The van der Waals surface area contributed by atoms with Gasteiger partial charge in [0.2, 0.25) is 5.91 Å². The second-order valence-electron chi connectivity index (χ2n) is 9.50. The third-order valence-corrected chi connectivity index (χ3v) is 8.55. The number of pyridine rings is 1. The van der Waals surface area contributed by atoms with Gasteiger partial charge in [0.1, 0.15) is 30.5 Å². The monoisotopic (exact) mass is 556 g/mol. The number of thiazole rings is 1. The summed E-state index contributed by atoms with van der Waals surface area (Å²) in [4.78, 5) is 48.8. The lowest BCUT2D eigenvalue weighted by Gasteiger charge is -2.34. The molecule has 0 spiro atoms. The topological polar surface area (TPSA) is 101 Å². The number of ketones is 1. The number of likely N-dealkylation sites (tertiary alicyclic amines) is 1. The first-order valence-electron chi connectivity index (χ1n) is 12.0. The molecule has 1 saturated carbocycles. The average Bonchev–Trinajstić information content (AvgIpc) is 3.60. The second-order valence-corrected chi connectivity index (χ2v) is 11.1. The van der Waals surface area contributed by atoms with Crippen LogP contribution in [0.5, 0.6) is 0 Å². The first-order chi connectivity index (χ1) is 17.6. The van der Waals surface area contributed by atoms with Gasteiger partial charge in [-0.3, -0.25) is 19.4 Å². The molecule has 1 N–H and O–H groups in total. The van der Waals surface area contributed by atoms with Crippen LogP contribution in [-0.4, -0.2) is 69.2 Å². The zero-order valence-corrected chi connectivity index (χ0v) is 21.1. The zero-order valence-electron chi connectivity index (χ0n) is 19.5. The molecule has 2 saturated heterocycles. The molecule has 4 heterocycles. The molecule has 3 fully saturated rings. The van der Waals surface area contributed by atoms with Crippen molar-refractivity contribution < 1.29 is 32.3 Å². The minimum Gasteiger partial charge on any atom is -0.366 e. The summed E-state index contributed by atoms with van der Waals surface area (Å²) in [6, 6.07) is 0.529. The van der Waals surface area contributed by atoms with Crippen molar-refractivity contribution in [2.45, 2.75) is 61.8 Å². The normalized spacial score (nSPS) is 25.2. The zero-order chi connectivity index (χ0) is 26.3. The van der Waals surface area contributed by atoms with E-state index in [0.717, 1.165) is 55.7 Å². The number of hydrogen-bond donors (Lipinski definition) is 1. The first-order valence-corrected chi connectivity index (χ1v) is 13.3. The van der Waals surface area contributed by atoms with E-state index in [-0.39, 0.29) is 35.8 Å². The highest BCUT2D eigenvalue weighted by Gasteiger charge is 2.53. The molecule has 5 rings (SSSR count). The van der Waals surface area contributed by atoms with Gasteiger partial charge in [0.15, 0.2) is 10.8 Å². The van der Waals surface area contributed by atoms with Crippen LogP contribution in [0.1, 0.15) is 47.6 Å². The summed E-state index contributed by atoms with van der Waals surface area (Å²) in [5, 5.41) is 2.40. The van der Waals surface area contributed by atoms with E-state index in [1.54, 1.807) is 0 Å². The Bertz CT molecular complexity index is 1190. The van der Waals surface area contributed by atoms with Crippen LogP contribution in [0, 0.1) is 5.92 Å². The van der Waals surface area contributed by atoms with E-state index < -0.39 is 41.3 Å². The van der Waals surface area contributed by atoms with Crippen LogP contribution in [0.2, 0.25) is 0 Å². The van der Waals surface area contributed by atoms with Crippen molar-refractivity contribution in [3.05, 3.63) is 35.2 Å². The summed E-state index contributed by atoms with van der Waals surface area (Å²) < 4.78 is 43.9. The van der Waals surface area contributed by atoms with E-state index in [2.05, 4.69) is 15.3 Å². The van der Waals surface area contributed by atoms with Crippen molar-refractivity contribution in [1.29, 1.82) is 0 Å². The SMILES string of the molecule is O=C(NC(C(=O)N1C[C@H](Cl)[C@H]2OCC(=O)[C@H]21)C1CCCCC1)c1ncc(-c2ccc(C(F)(F)F)nc2)s1. The number of hydrogen-bond acceptors (Lipinski definition) is 7. The van der Waals surface area contributed by atoms with Crippen LogP contribution >= 0.6 is 22.9 Å². The smallest absolute Gasteiger partial charge is 0.366 e. The Labute approximate surface area is 219 Å². The Morgan fingerprint density at radius 2 is 1.92 bits per heavy atom. The third-order valence-electron chi connectivity index (χ3n) is 7.12. The fourth-order valence-corrected chi connectivity index (χ4v) is 6.44. The first kappa shape index (κ1) is 26.1. The molecule has 2 aromatic rings. The summed E-state index contributed by atoms with van der Waals surface area (Å²) in [6.07, 6.45) is 1.79. The van der Waals surface area contributed by atoms with Crippen molar-refractivity contribution in [1.82, 2.24) is 20.2 Å². The van der Waals surface area contributed by atoms with Crippen molar-refractivity contribution >= 4 is 40.5 Å². The van der Waals surface area contributed by atoms with Crippen molar-refractivity contribution in [2.75, 3.05) is 13.2 Å². The standard InChI is InChI=1S/C24H24ClF3N4O4S/c25-14-10-32(19-15(33)11-36-20(14)19)23(35)18(12-4-2-1-3-5-12)31-21(34)22-30-9-16(37-22)13-6-7-17(29-8-13)24(26,27)28/h6-9,12,14,18-20H,1-5,10-11H2,(H,31,34)/t14-,18?,19+,20+/m0/s1. The molecule has 13 heteroatoms. The van der Waals surface area contributed by atoms with Crippen LogP contribution < -0.4 is 5.32 Å². The van der Waals surface area contributed by atoms with Gasteiger partial charge in [0.25, 0.3) is 5.91 Å². The number of nitrogens with one attached hydrogen (secondary N) is 1. The highest BCUT2D eigenvalue weighted by atomic mass is 35.5. The van der Waals surface area contributed by atoms with Gasteiger partial charge >= 0.3 is 6.18 Å². The number of ether oxygens (including phenoxy) is 1. The van der Waals surface area contributed by atoms with Crippen LogP contribution in [0.15, 0.2) is 24.5 Å². The lowest BCUT2D eigenvalue weighted by atomic mass is 9.83. The maximum absolute atomic E-state index is 13.7. The molecular weight excluding hydrogens is 533 g/mol. The van der Waals surface area contributed by atoms with E-state index in [4.69, 9.17) is 16.3 Å². The van der Waals surface area contributed by atoms with Gasteiger partial charge < -0.3 is 15.0 Å². The second kappa shape index (κ2) is 10.3. The van der Waals surface area contributed by atoms with E-state index in [0.29, 0.717) is 10.4 Å². The minimum absolute atomic E-state index is 0.0679. The van der Waals surface area contributed by atoms with Crippen LogP contribution in [0.3, 0.4) is 0 Å². The summed E-state index contributed by atoms with van der Waals surface area (Å²) in [6.45, 7) is 0.0619. The molecule has 2 aromatic heterocycles. The fourth-order valence-electron chi connectivity index (χ4n) is 5.27.